The fourth-order valence-corrected chi connectivity index (χ4v) is 2.42. The maximum absolute atomic E-state index is 4.24. The third-order valence-electron chi connectivity index (χ3n) is 3.72. The highest BCUT2D eigenvalue weighted by molar-refractivity contribution is 5.59. The summed E-state index contributed by atoms with van der Waals surface area (Å²) in [7, 11) is 0. The standard InChI is InChI=1S/C21H25N/c1-4-17-22(21-9-7-6-8-10-21)18(3)11-12-20-15-13-19(5-2)14-16-20/h6-16H,3-5,17H2,1-2H3/b12-11+. The zero-order valence-electron chi connectivity index (χ0n) is 13.6. The third kappa shape index (κ3) is 4.36. The van der Waals surface area contributed by atoms with Crippen molar-refractivity contribution in [3.63, 3.8) is 0 Å². The van der Waals surface area contributed by atoms with E-state index < -0.39 is 0 Å². The van der Waals surface area contributed by atoms with E-state index in [1.807, 2.05) is 6.07 Å². The van der Waals surface area contributed by atoms with E-state index in [1.54, 1.807) is 0 Å². The molecule has 0 atom stereocenters. The number of para-hydroxylation sites is 1. The molecule has 1 heteroatoms. The van der Waals surface area contributed by atoms with Gasteiger partial charge in [0.15, 0.2) is 0 Å². The first-order valence-corrected chi connectivity index (χ1v) is 8.03. The van der Waals surface area contributed by atoms with Crippen LogP contribution in [0.25, 0.3) is 6.08 Å². The van der Waals surface area contributed by atoms with Gasteiger partial charge in [0.25, 0.3) is 0 Å². The Bertz CT molecular complexity index is 608. The van der Waals surface area contributed by atoms with Gasteiger partial charge in [0.1, 0.15) is 0 Å². The molecule has 2 aromatic carbocycles. The van der Waals surface area contributed by atoms with Gasteiger partial charge in [0, 0.05) is 17.9 Å². The van der Waals surface area contributed by atoms with Crippen LogP contribution in [0, 0.1) is 0 Å². The van der Waals surface area contributed by atoms with Gasteiger partial charge in [-0.25, -0.2) is 0 Å². The number of rotatable bonds is 7. The van der Waals surface area contributed by atoms with E-state index in [0.29, 0.717) is 0 Å². The average molecular weight is 291 g/mol. The number of hydrogen-bond acceptors (Lipinski definition) is 1. The Morgan fingerprint density at radius 3 is 2.27 bits per heavy atom. The van der Waals surface area contributed by atoms with E-state index in [1.165, 1.54) is 16.8 Å². The molecule has 0 N–H and O–H groups in total. The third-order valence-corrected chi connectivity index (χ3v) is 3.72. The summed E-state index contributed by atoms with van der Waals surface area (Å²) in [5.41, 5.74) is 4.80. The zero-order valence-corrected chi connectivity index (χ0v) is 13.6. The molecule has 2 rings (SSSR count). The normalized spacial score (nSPS) is 10.8. The van der Waals surface area contributed by atoms with Gasteiger partial charge in [0.05, 0.1) is 0 Å². The fourth-order valence-electron chi connectivity index (χ4n) is 2.42. The maximum Gasteiger partial charge on any atom is 0.0410 e. The predicted octanol–water partition coefficient (Wildman–Crippen LogP) is 5.69. The summed E-state index contributed by atoms with van der Waals surface area (Å²) in [5.74, 6) is 0. The predicted molar refractivity (Wildman–Crippen MR) is 98.1 cm³/mol. The molecule has 0 saturated heterocycles. The van der Waals surface area contributed by atoms with Crippen LogP contribution in [-0.2, 0) is 6.42 Å². The molecule has 0 unspecified atom stereocenters. The number of hydrogen-bond donors (Lipinski definition) is 0. The van der Waals surface area contributed by atoms with Crippen LogP contribution < -0.4 is 4.90 Å². The van der Waals surface area contributed by atoms with Gasteiger partial charge in [-0.15, -0.1) is 0 Å². The van der Waals surface area contributed by atoms with Crippen molar-refractivity contribution < 1.29 is 0 Å². The maximum atomic E-state index is 4.24. The van der Waals surface area contributed by atoms with Crippen molar-refractivity contribution in [2.24, 2.45) is 0 Å². The van der Waals surface area contributed by atoms with Crippen molar-refractivity contribution in [1.29, 1.82) is 0 Å². The van der Waals surface area contributed by atoms with Crippen molar-refractivity contribution in [3.05, 3.63) is 84.1 Å². The van der Waals surface area contributed by atoms with Crippen LogP contribution in [-0.4, -0.2) is 6.54 Å². The quantitative estimate of drug-likeness (QED) is 0.592. The van der Waals surface area contributed by atoms with Crippen molar-refractivity contribution in [2.75, 3.05) is 11.4 Å². The van der Waals surface area contributed by atoms with Crippen LogP contribution >= 0.6 is 0 Å². The van der Waals surface area contributed by atoms with E-state index in [9.17, 15) is 0 Å². The molecule has 0 saturated carbocycles. The lowest BCUT2D eigenvalue weighted by atomic mass is 10.1. The van der Waals surface area contributed by atoms with Crippen molar-refractivity contribution in [2.45, 2.75) is 26.7 Å². The highest BCUT2D eigenvalue weighted by atomic mass is 15.1. The van der Waals surface area contributed by atoms with Crippen LogP contribution in [0.15, 0.2) is 72.9 Å². The Balaban J connectivity index is 2.11. The second-order valence-electron chi connectivity index (χ2n) is 5.41. The van der Waals surface area contributed by atoms with Crippen LogP contribution in [0.1, 0.15) is 31.4 Å². The minimum atomic E-state index is 0.974. The Kier molecular flexibility index (Phi) is 6.02. The first kappa shape index (κ1) is 16.1. The van der Waals surface area contributed by atoms with Crippen LogP contribution in [0.3, 0.4) is 0 Å². The molecule has 0 spiro atoms. The fraction of sp³-hybridized carbons (Fsp3) is 0.238. The van der Waals surface area contributed by atoms with E-state index in [4.69, 9.17) is 0 Å². The second-order valence-corrected chi connectivity index (χ2v) is 5.41. The lowest BCUT2D eigenvalue weighted by Gasteiger charge is -2.24. The summed E-state index contributed by atoms with van der Waals surface area (Å²) < 4.78 is 0. The Morgan fingerprint density at radius 2 is 1.68 bits per heavy atom. The molecule has 0 radical (unpaired) electrons. The molecular formula is C21H25N. The molecule has 2 aromatic rings. The van der Waals surface area contributed by atoms with Crippen molar-refractivity contribution >= 4 is 11.8 Å². The Morgan fingerprint density at radius 1 is 1.00 bits per heavy atom. The molecule has 22 heavy (non-hydrogen) atoms. The molecule has 1 nitrogen and oxygen atoms in total. The largest absolute Gasteiger partial charge is 0.342 e. The lowest BCUT2D eigenvalue weighted by molar-refractivity contribution is 0.863. The first-order valence-electron chi connectivity index (χ1n) is 8.03. The SMILES string of the molecule is C=C(/C=C/c1ccc(CC)cc1)N(CCC)c1ccccc1. The molecule has 0 bridgehead atoms. The summed E-state index contributed by atoms with van der Waals surface area (Å²) in [5, 5.41) is 0. The lowest BCUT2D eigenvalue weighted by Crippen LogP contribution is -2.21. The van der Waals surface area contributed by atoms with Crippen LogP contribution in [0.5, 0.6) is 0 Å². The van der Waals surface area contributed by atoms with E-state index in [2.05, 4.69) is 86.0 Å². The molecule has 0 aliphatic heterocycles. The zero-order chi connectivity index (χ0) is 15.8. The molecule has 114 valence electrons. The summed E-state index contributed by atoms with van der Waals surface area (Å²) in [6.45, 7) is 9.58. The van der Waals surface area contributed by atoms with E-state index >= 15 is 0 Å². The van der Waals surface area contributed by atoms with Gasteiger partial charge in [-0.3, -0.25) is 0 Å². The van der Waals surface area contributed by atoms with Crippen molar-refractivity contribution in [1.82, 2.24) is 0 Å². The minimum absolute atomic E-state index is 0.974. The smallest absolute Gasteiger partial charge is 0.0410 e. The average Bonchev–Trinajstić information content (AvgIpc) is 2.58. The molecular weight excluding hydrogens is 266 g/mol. The van der Waals surface area contributed by atoms with Gasteiger partial charge in [-0.2, -0.15) is 0 Å². The molecule has 0 aromatic heterocycles. The van der Waals surface area contributed by atoms with Crippen LogP contribution in [0.2, 0.25) is 0 Å². The van der Waals surface area contributed by atoms with Crippen molar-refractivity contribution in [3.8, 4) is 0 Å². The van der Waals surface area contributed by atoms with Gasteiger partial charge >= 0.3 is 0 Å². The van der Waals surface area contributed by atoms with Gasteiger partial charge in [0.2, 0.25) is 0 Å². The molecule has 0 fully saturated rings. The summed E-state index contributed by atoms with van der Waals surface area (Å²) in [4.78, 5) is 2.26. The monoisotopic (exact) mass is 291 g/mol. The number of nitrogens with zero attached hydrogens (tertiary/aromatic N) is 1. The second kappa shape index (κ2) is 8.23. The number of allylic oxidation sites excluding steroid dienone is 1. The molecule has 0 aliphatic rings. The highest BCUT2D eigenvalue weighted by Crippen LogP contribution is 2.19. The topological polar surface area (TPSA) is 3.24 Å². The van der Waals surface area contributed by atoms with Gasteiger partial charge in [-0.05, 0) is 42.2 Å². The number of anilines is 1. The minimum Gasteiger partial charge on any atom is -0.342 e. The Labute approximate surface area is 134 Å². The van der Waals surface area contributed by atoms with Gasteiger partial charge < -0.3 is 4.90 Å². The molecule has 0 heterocycles. The summed E-state index contributed by atoms with van der Waals surface area (Å²) in [6, 6.07) is 19.1. The highest BCUT2D eigenvalue weighted by Gasteiger charge is 2.06. The number of aryl methyl sites for hydroxylation is 1. The summed E-state index contributed by atoms with van der Waals surface area (Å²) in [6.07, 6.45) is 6.40. The van der Waals surface area contributed by atoms with Crippen LogP contribution in [0.4, 0.5) is 5.69 Å². The van der Waals surface area contributed by atoms with E-state index in [0.717, 1.165) is 25.1 Å². The number of benzene rings is 2. The van der Waals surface area contributed by atoms with Gasteiger partial charge in [-0.1, -0.05) is 69.0 Å². The molecule has 0 amide bonds. The first-order chi connectivity index (χ1) is 10.7. The Hall–Kier alpha value is -2.28. The molecule has 0 aliphatic carbocycles. The summed E-state index contributed by atoms with van der Waals surface area (Å²) >= 11 is 0. The van der Waals surface area contributed by atoms with E-state index in [-0.39, 0.29) is 0 Å².